The Morgan fingerprint density at radius 1 is 1.28 bits per heavy atom. The zero-order valence-electron chi connectivity index (χ0n) is 8.31. The largest absolute Gasteiger partial charge is 0.566 e. The van der Waals surface area contributed by atoms with Crippen molar-refractivity contribution in [3.05, 3.63) is 27.8 Å². The normalized spacial score (nSPS) is 13.4. The maximum Gasteiger partial charge on any atom is 0.518 e. The van der Waals surface area contributed by atoms with E-state index in [0.29, 0.717) is 0 Å². The van der Waals surface area contributed by atoms with Gasteiger partial charge in [-0.05, 0) is 46.9 Å². The van der Waals surface area contributed by atoms with Gasteiger partial charge in [-0.1, -0.05) is 0 Å². The molecule has 0 saturated carbocycles. The van der Waals surface area contributed by atoms with Gasteiger partial charge in [-0.25, -0.2) is 0 Å². The molecule has 0 spiro atoms. The first-order valence-corrected chi connectivity index (χ1v) is 6.65. The number of hydrogen-bond acceptors (Lipinski definition) is 4. The number of ether oxygens (including phenoxy) is 1. The number of hydrogen-bond donors (Lipinski definition) is 0. The third kappa shape index (κ3) is 4.01. The van der Waals surface area contributed by atoms with Crippen molar-refractivity contribution in [3.8, 4) is 5.75 Å². The van der Waals surface area contributed by atoms with Gasteiger partial charge in [0, 0.05) is 9.32 Å². The molecule has 0 N–H and O–H groups in total. The summed E-state index contributed by atoms with van der Waals surface area (Å²) in [4.78, 5) is 0. The maximum atomic E-state index is 11.9. The molecule has 0 aliphatic carbocycles. The second-order valence-corrected chi connectivity index (χ2v) is 5.68. The number of halogens is 4. The lowest BCUT2D eigenvalue weighted by atomic mass is 10.3. The van der Waals surface area contributed by atoms with Gasteiger partial charge in [-0.3, -0.25) is 0 Å². The standard InChI is InChI=1S/C8H5F3INO4S/c9-8(10,11)18(15,16)13-7(14)17-6-3-1-5(12)2-4-6/h1-4H,(H,13,14)/p-1. The molecule has 0 amide bonds. The maximum absolute atomic E-state index is 11.9. The minimum Gasteiger partial charge on any atom is -0.566 e. The highest BCUT2D eigenvalue weighted by atomic mass is 127. The van der Waals surface area contributed by atoms with Crippen LogP contribution in [0.2, 0.25) is 0 Å². The second kappa shape index (κ2) is 5.30. The third-order valence-electron chi connectivity index (χ3n) is 1.51. The van der Waals surface area contributed by atoms with Gasteiger partial charge in [0.1, 0.15) is 0 Å². The summed E-state index contributed by atoms with van der Waals surface area (Å²) in [7, 11) is -5.88. The van der Waals surface area contributed by atoms with Crippen LogP contribution in [0.5, 0.6) is 5.75 Å². The van der Waals surface area contributed by atoms with E-state index in [2.05, 4.69) is 4.74 Å². The molecule has 0 aliphatic heterocycles. The summed E-state index contributed by atoms with van der Waals surface area (Å²) in [5.41, 5.74) is -5.63. The zero-order valence-corrected chi connectivity index (χ0v) is 11.3. The highest BCUT2D eigenvalue weighted by molar-refractivity contribution is 14.1. The first-order chi connectivity index (χ1) is 8.12. The van der Waals surface area contributed by atoms with Crippen LogP contribution >= 0.6 is 22.6 Å². The lowest BCUT2D eigenvalue weighted by molar-refractivity contribution is -0.239. The van der Waals surface area contributed by atoms with E-state index in [1.54, 1.807) is 0 Å². The molecular weight excluding hydrogens is 390 g/mol. The molecule has 100 valence electrons. The van der Waals surface area contributed by atoms with Gasteiger partial charge in [0.05, 0.1) is 0 Å². The van der Waals surface area contributed by atoms with Crippen molar-refractivity contribution < 1.29 is 31.4 Å². The number of sulfonamides is 1. The van der Waals surface area contributed by atoms with Gasteiger partial charge in [0.25, 0.3) is 0 Å². The van der Waals surface area contributed by atoms with E-state index in [-0.39, 0.29) is 5.75 Å². The van der Waals surface area contributed by atoms with E-state index in [0.717, 1.165) is 3.57 Å². The Morgan fingerprint density at radius 2 is 1.78 bits per heavy atom. The molecule has 0 saturated heterocycles. The second-order valence-electron chi connectivity index (χ2n) is 2.83. The molecule has 0 heterocycles. The Morgan fingerprint density at radius 3 is 2.22 bits per heavy atom. The lowest BCUT2D eigenvalue weighted by Crippen LogP contribution is -2.30. The Kier molecular flexibility index (Phi) is 4.42. The molecule has 10 heteroatoms. The molecule has 5 nitrogen and oxygen atoms in total. The Labute approximate surface area is 113 Å². The molecule has 0 radical (unpaired) electrons. The van der Waals surface area contributed by atoms with Crippen LogP contribution in [0, 0.1) is 3.57 Å². The lowest BCUT2D eigenvalue weighted by Gasteiger charge is -2.14. The van der Waals surface area contributed by atoms with E-state index < -0.39 is 21.6 Å². The van der Waals surface area contributed by atoms with Crippen molar-refractivity contribution in [2.45, 2.75) is 5.51 Å². The van der Waals surface area contributed by atoms with E-state index in [9.17, 15) is 26.7 Å². The average Bonchev–Trinajstić information content (AvgIpc) is 2.19. The highest BCUT2D eigenvalue weighted by Gasteiger charge is 2.46. The highest BCUT2D eigenvalue weighted by Crippen LogP contribution is 2.24. The molecule has 0 atom stereocenters. The molecular formula is C8H4F3INO4S-. The Bertz CT molecular complexity index is 553. The van der Waals surface area contributed by atoms with E-state index in [1.807, 2.05) is 27.0 Å². The van der Waals surface area contributed by atoms with Crippen molar-refractivity contribution in [1.82, 2.24) is 0 Å². The summed E-state index contributed by atoms with van der Waals surface area (Å²) in [5.74, 6) is -0.110. The van der Waals surface area contributed by atoms with Crippen molar-refractivity contribution in [3.63, 3.8) is 0 Å². The number of alkyl halides is 3. The van der Waals surface area contributed by atoms with Crippen LogP contribution in [-0.2, 0) is 10.0 Å². The van der Waals surface area contributed by atoms with Crippen LogP contribution in [-0.4, -0.2) is 20.0 Å². The summed E-state index contributed by atoms with van der Waals surface area (Å²) >= 11 is 1.95. The monoisotopic (exact) mass is 394 g/mol. The van der Waals surface area contributed by atoms with Crippen LogP contribution in [0.4, 0.5) is 13.2 Å². The predicted octanol–water partition coefficient (Wildman–Crippen LogP) is 1.24. The summed E-state index contributed by atoms with van der Waals surface area (Å²) in [6.45, 7) is 0. The number of rotatable bonds is 2. The SMILES string of the molecule is O=S(=O)(/N=C(/[O-])Oc1ccc(I)cc1)C(F)(F)F. The zero-order chi connectivity index (χ0) is 14.0. The molecule has 0 bridgehead atoms. The van der Waals surface area contributed by atoms with Gasteiger partial charge in [-0.15, -0.1) is 4.40 Å². The number of benzene rings is 1. The fourth-order valence-electron chi connectivity index (χ4n) is 0.772. The Balaban J connectivity index is 2.90. The average molecular weight is 394 g/mol. The molecule has 0 aliphatic rings. The fraction of sp³-hybridized carbons (Fsp3) is 0.125. The molecule has 1 aromatic carbocycles. The topological polar surface area (TPSA) is 78.8 Å². The first-order valence-electron chi connectivity index (χ1n) is 4.13. The van der Waals surface area contributed by atoms with E-state index >= 15 is 0 Å². The summed E-state index contributed by atoms with van der Waals surface area (Å²) in [6.07, 6.45) is -1.85. The molecule has 0 unspecified atom stereocenters. The minimum atomic E-state index is -5.88. The fourth-order valence-corrected chi connectivity index (χ4v) is 1.47. The first kappa shape index (κ1) is 15.0. The molecule has 1 aromatic rings. The van der Waals surface area contributed by atoms with E-state index in [1.165, 1.54) is 24.3 Å². The summed E-state index contributed by atoms with van der Waals surface area (Å²) < 4.78 is 63.8. The molecule has 18 heavy (non-hydrogen) atoms. The van der Waals surface area contributed by atoms with Gasteiger partial charge in [-0.2, -0.15) is 21.6 Å². The van der Waals surface area contributed by atoms with Crippen LogP contribution < -0.4 is 9.84 Å². The van der Waals surface area contributed by atoms with Crippen LogP contribution in [0.3, 0.4) is 0 Å². The van der Waals surface area contributed by atoms with E-state index in [4.69, 9.17) is 0 Å². The van der Waals surface area contributed by atoms with Gasteiger partial charge >= 0.3 is 15.5 Å². The Hall–Kier alpha value is -1.04. The van der Waals surface area contributed by atoms with Gasteiger partial charge in [0.2, 0.25) is 0 Å². The number of nitrogens with zero attached hydrogens (tertiary/aromatic N) is 1. The van der Waals surface area contributed by atoms with Crippen molar-refractivity contribution in [2.24, 2.45) is 4.40 Å². The van der Waals surface area contributed by atoms with Gasteiger partial charge < -0.3 is 9.84 Å². The minimum absolute atomic E-state index is 0.110. The van der Waals surface area contributed by atoms with Crippen molar-refractivity contribution >= 4 is 38.7 Å². The molecule has 0 fully saturated rings. The van der Waals surface area contributed by atoms with Crippen LogP contribution in [0.15, 0.2) is 28.7 Å². The molecule has 1 rings (SSSR count). The van der Waals surface area contributed by atoms with Crippen molar-refractivity contribution in [1.29, 1.82) is 0 Å². The molecule has 0 aromatic heterocycles. The quantitative estimate of drug-likeness (QED) is 0.430. The smallest absolute Gasteiger partial charge is 0.518 e. The third-order valence-corrected chi connectivity index (χ3v) is 3.20. The summed E-state index contributed by atoms with van der Waals surface area (Å²) in [6, 6.07) is 5.60. The predicted molar refractivity (Wildman–Crippen MR) is 62.2 cm³/mol. The van der Waals surface area contributed by atoms with Gasteiger partial charge in [0.15, 0.2) is 6.08 Å². The van der Waals surface area contributed by atoms with Crippen LogP contribution in [0.25, 0.3) is 0 Å². The van der Waals surface area contributed by atoms with Crippen molar-refractivity contribution in [2.75, 3.05) is 0 Å². The van der Waals surface area contributed by atoms with Crippen LogP contribution in [0.1, 0.15) is 0 Å². The summed E-state index contributed by atoms with van der Waals surface area (Å²) in [5, 5.41) is 10.9.